The fraction of sp³-hybridized carbons (Fsp3) is 0.917. The minimum absolute atomic E-state index is 0.0166. The van der Waals surface area contributed by atoms with Crippen LogP contribution in [-0.2, 0) is 19.7 Å². The molecule has 2 heterocycles. The van der Waals surface area contributed by atoms with Crippen LogP contribution >= 0.6 is 0 Å². The monoisotopic (exact) mass is 305 g/mol. The van der Waals surface area contributed by atoms with Gasteiger partial charge in [0, 0.05) is 33.2 Å². The van der Waals surface area contributed by atoms with Crippen molar-refractivity contribution in [1.82, 2.24) is 13.9 Å². The molecule has 0 aromatic rings. The van der Waals surface area contributed by atoms with E-state index in [0.717, 1.165) is 0 Å². The van der Waals surface area contributed by atoms with E-state index in [4.69, 9.17) is 4.74 Å². The summed E-state index contributed by atoms with van der Waals surface area (Å²) in [5, 5.41) is 3.06. The molecule has 2 saturated heterocycles. The Morgan fingerprint density at radius 1 is 1.45 bits per heavy atom. The van der Waals surface area contributed by atoms with Gasteiger partial charge in [-0.15, -0.1) is 0 Å². The first-order valence-corrected chi connectivity index (χ1v) is 8.47. The molecule has 0 bridgehead atoms. The molecule has 2 aliphatic heterocycles. The molecule has 2 fully saturated rings. The predicted molar refractivity (Wildman–Crippen MR) is 74.3 cm³/mol. The Kier molecular flexibility index (Phi) is 5.00. The molecule has 2 rings (SSSR count). The van der Waals surface area contributed by atoms with Crippen molar-refractivity contribution in [2.75, 3.05) is 39.8 Å². The predicted octanol–water partition coefficient (Wildman–Crippen LogP) is -0.590. The van der Waals surface area contributed by atoms with Gasteiger partial charge >= 0.3 is 5.97 Å². The van der Waals surface area contributed by atoms with E-state index in [9.17, 15) is 13.2 Å². The zero-order valence-corrected chi connectivity index (χ0v) is 12.9. The highest BCUT2D eigenvalue weighted by Crippen LogP contribution is 2.23. The third-order valence-electron chi connectivity index (χ3n) is 3.97. The Morgan fingerprint density at radius 3 is 2.70 bits per heavy atom. The van der Waals surface area contributed by atoms with E-state index >= 15 is 0 Å². The molecule has 7 nitrogen and oxygen atoms in total. The summed E-state index contributed by atoms with van der Waals surface area (Å²) in [5.74, 6) is -0.633. The molecular formula is C12H23N3O4S. The standard InChI is InChI=1S/C12H23N3O4S/c1-3-19-12(16)10-5-4-6-15(9-10)20(17,18)14(2)11-7-13-8-11/h10-11,13H,3-9H2,1-2H3. The van der Waals surface area contributed by atoms with Crippen molar-refractivity contribution >= 4 is 16.2 Å². The minimum Gasteiger partial charge on any atom is -0.466 e. The number of rotatable bonds is 5. The molecule has 0 aliphatic carbocycles. The van der Waals surface area contributed by atoms with Crippen molar-refractivity contribution in [2.24, 2.45) is 5.92 Å². The van der Waals surface area contributed by atoms with Gasteiger partial charge in [-0.25, -0.2) is 0 Å². The first-order chi connectivity index (χ1) is 9.46. The smallest absolute Gasteiger partial charge is 0.310 e. The van der Waals surface area contributed by atoms with E-state index in [1.54, 1.807) is 14.0 Å². The second-order valence-corrected chi connectivity index (χ2v) is 7.27. The van der Waals surface area contributed by atoms with Crippen LogP contribution < -0.4 is 5.32 Å². The number of carbonyl (C=O) groups excluding carboxylic acids is 1. The zero-order valence-electron chi connectivity index (χ0n) is 12.0. The largest absolute Gasteiger partial charge is 0.466 e. The summed E-state index contributed by atoms with van der Waals surface area (Å²) in [6.45, 7) is 4.16. The van der Waals surface area contributed by atoms with Crippen molar-refractivity contribution < 1.29 is 17.9 Å². The van der Waals surface area contributed by atoms with Crippen molar-refractivity contribution in [3.8, 4) is 0 Å². The average Bonchev–Trinajstić information content (AvgIpc) is 2.37. The summed E-state index contributed by atoms with van der Waals surface area (Å²) in [7, 11) is -1.88. The number of ether oxygens (including phenoxy) is 1. The van der Waals surface area contributed by atoms with Crippen LogP contribution in [0.2, 0.25) is 0 Å². The van der Waals surface area contributed by atoms with Crippen LogP contribution in [0.3, 0.4) is 0 Å². The summed E-state index contributed by atoms with van der Waals surface area (Å²) in [6.07, 6.45) is 1.39. The van der Waals surface area contributed by atoms with Crippen LogP contribution in [0.1, 0.15) is 19.8 Å². The van der Waals surface area contributed by atoms with Gasteiger partial charge in [-0.3, -0.25) is 4.79 Å². The van der Waals surface area contributed by atoms with E-state index in [0.29, 0.717) is 39.1 Å². The molecule has 0 radical (unpaired) electrons. The van der Waals surface area contributed by atoms with Gasteiger partial charge in [0.2, 0.25) is 0 Å². The minimum atomic E-state index is -3.48. The lowest BCUT2D eigenvalue weighted by molar-refractivity contribution is -0.149. The van der Waals surface area contributed by atoms with E-state index in [1.807, 2.05) is 0 Å². The molecule has 1 unspecified atom stereocenters. The van der Waals surface area contributed by atoms with Gasteiger partial charge in [0.15, 0.2) is 0 Å². The van der Waals surface area contributed by atoms with Gasteiger partial charge < -0.3 is 10.1 Å². The second kappa shape index (κ2) is 6.38. The Bertz CT molecular complexity index is 450. The van der Waals surface area contributed by atoms with Gasteiger partial charge in [0.1, 0.15) is 0 Å². The molecule has 0 amide bonds. The number of hydrogen-bond donors (Lipinski definition) is 1. The van der Waals surface area contributed by atoms with E-state index < -0.39 is 10.2 Å². The van der Waals surface area contributed by atoms with Gasteiger partial charge in [-0.2, -0.15) is 17.0 Å². The lowest BCUT2D eigenvalue weighted by Crippen LogP contribution is -2.60. The topological polar surface area (TPSA) is 79.0 Å². The second-order valence-electron chi connectivity index (χ2n) is 5.29. The maximum absolute atomic E-state index is 12.5. The molecule has 0 spiro atoms. The fourth-order valence-electron chi connectivity index (χ4n) is 2.51. The lowest BCUT2D eigenvalue weighted by Gasteiger charge is -2.39. The maximum Gasteiger partial charge on any atom is 0.310 e. The first kappa shape index (κ1) is 15.7. The number of esters is 1. The normalized spacial score (nSPS) is 25.4. The third-order valence-corrected chi connectivity index (χ3v) is 5.98. The molecule has 0 aromatic heterocycles. The molecular weight excluding hydrogens is 282 g/mol. The van der Waals surface area contributed by atoms with E-state index in [1.165, 1.54) is 8.61 Å². The third kappa shape index (κ3) is 3.13. The Balaban J connectivity index is 2.01. The van der Waals surface area contributed by atoms with Gasteiger partial charge in [-0.05, 0) is 19.8 Å². The lowest BCUT2D eigenvalue weighted by atomic mass is 10.0. The summed E-state index contributed by atoms with van der Waals surface area (Å²) < 4.78 is 32.9. The van der Waals surface area contributed by atoms with Crippen LogP contribution in [0, 0.1) is 5.92 Å². The number of nitrogens with one attached hydrogen (secondary N) is 1. The van der Waals surface area contributed by atoms with E-state index in [2.05, 4.69) is 5.32 Å². The van der Waals surface area contributed by atoms with Gasteiger partial charge in [-0.1, -0.05) is 0 Å². The molecule has 2 aliphatic rings. The number of likely N-dealkylation sites (N-methyl/N-ethyl adjacent to an activating group) is 1. The molecule has 0 saturated carbocycles. The van der Waals surface area contributed by atoms with Crippen molar-refractivity contribution in [2.45, 2.75) is 25.8 Å². The number of nitrogens with zero attached hydrogens (tertiary/aromatic N) is 2. The van der Waals surface area contributed by atoms with E-state index in [-0.39, 0.29) is 24.5 Å². The SMILES string of the molecule is CCOC(=O)C1CCCN(S(=O)(=O)N(C)C2CNC2)C1. The Hall–Kier alpha value is -0.700. The maximum atomic E-state index is 12.5. The number of piperidine rings is 1. The van der Waals surface area contributed by atoms with Gasteiger partial charge in [0.05, 0.1) is 18.6 Å². The molecule has 20 heavy (non-hydrogen) atoms. The average molecular weight is 305 g/mol. The molecule has 1 N–H and O–H groups in total. The van der Waals surface area contributed by atoms with Crippen LogP contribution in [0.5, 0.6) is 0 Å². The molecule has 0 aromatic carbocycles. The summed E-state index contributed by atoms with van der Waals surface area (Å²) in [4.78, 5) is 11.8. The zero-order chi connectivity index (χ0) is 14.8. The van der Waals surface area contributed by atoms with Crippen molar-refractivity contribution in [3.63, 3.8) is 0 Å². The highest BCUT2D eigenvalue weighted by molar-refractivity contribution is 7.86. The Morgan fingerprint density at radius 2 is 2.15 bits per heavy atom. The molecule has 1 atom stereocenters. The van der Waals surface area contributed by atoms with Gasteiger partial charge in [0.25, 0.3) is 10.2 Å². The summed E-state index contributed by atoms with van der Waals surface area (Å²) in [6, 6.07) is 0.0166. The van der Waals surface area contributed by atoms with Crippen molar-refractivity contribution in [3.05, 3.63) is 0 Å². The fourth-order valence-corrected chi connectivity index (χ4v) is 4.12. The Labute approximate surface area is 120 Å². The van der Waals surface area contributed by atoms with Crippen LogP contribution in [0.15, 0.2) is 0 Å². The highest BCUT2D eigenvalue weighted by Gasteiger charge is 2.38. The quantitative estimate of drug-likeness (QED) is 0.687. The van der Waals surface area contributed by atoms with Crippen LogP contribution in [0.4, 0.5) is 0 Å². The summed E-state index contributed by atoms with van der Waals surface area (Å²) >= 11 is 0. The van der Waals surface area contributed by atoms with Crippen molar-refractivity contribution in [1.29, 1.82) is 0 Å². The highest BCUT2D eigenvalue weighted by atomic mass is 32.2. The number of hydrogen-bond acceptors (Lipinski definition) is 5. The molecule has 8 heteroatoms. The molecule has 116 valence electrons. The van der Waals surface area contributed by atoms with Crippen LogP contribution in [0.25, 0.3) is 0 Å². The first-order valence-electron chi connectivity index (χ1n) is 7.07. The summed E-state index contributed by atoms with van der Waals surface area (Å²) in [5.41, 5.74) is 0. The number of carbonyl (C=O) groups is 1. The van der Waals surface area contributed by atoms with Crippen LogP contribution in [-0.4, -0.2) is 68.9 Å².